The first-order valence-electron chi connectivity index (χ1n) is 6.91. The van der Waals surface area contributed by atoms with Crippen LogP contribution in [-0.4, -0.2) is 17.0 Å². The zero-order valence-electron chi connectivity index (χ0n) is 11.6. The van der Waals surface area contributed by atoms with Crippen LogP contribution in [0.3, 0.4) is 0 Å². The van der Waals surface area contributed by atoms with Crippen LogP contribution in [0.4, 0.5) is 11.4 Å². The second kappa shape index (κ2) is 5.97. The Morgan fingerprint density at radius 3 is 2.90 bits per heavy atom. The molecule has 1 aliphatic rings. The first-order chi connectivity index (χ1) is 9.50. The molecule has 1 saturated carbocycles. The van der Waals surface area contributed by atoms with Gasteiger partial charge < -0.3 is 11.1 Å². The molecule has 0 bridgehead atoms. The molecule has 110 valence electrons. The summed E-state index contributed by atoms with van der Waals surface area (Å²) in [5, 5.41) is 14.8. The highest BCUT2D eigenvalue weighted by Gasteiger charge is 2.38. The molecule has 2 rings (SSSR count). The second-order valence-corrected chi connectivity index (χ2v) is 5.93. The highest BCUT2D eigenvalue weighted by Crippen LogP contribution is 2.40. The van der Waals surface area contributed by atoms with Crippen molar-refractivity contribution in [3.05, 3.63) is 33.3 Å². The number of para-hydroxylation sites is 1. The average Bonchev–Trinajstić information content (AvgIpc) is 2.43. The van der Waals surface area contributed by atoms with Crippen LogP contribution in [0.1, 0.15) is 32.6 Å². The molecule has 2 unspecified atom stereocenters. The lowest BCUT2D eigenvalue weighted by Gasteiger charge is -2.43. The van der Waals surface area contributed by atoms with Gasteiger partial charge in [-0.25, -0.2) is 0 Å². The number of anilines is 1. The fourth-order valence-corrected chi connectivity index (χ4v) is 3.21. The van der Waals surface area contributed by atoms with Crippen molar-refractivity contribution in [1.29, 1.82) is 0 Å². The summed E-state index contributed by atoms with van der Waals surface area (Å²) in [5.74, 6) is 0.358. The summed E-state index contributed by atoms with van der Waals surface area (Å²) in [5.41, 5.74) is 6.06. The Kier molecular flexibility index (Phi) is 4.50. The maximum Gasteiger partial charge on any atom is 0.293 e. The summed E-state index contributed by atoms with van der Waals surface area (Å²) in [6, 6.07) is 4.71. The number of nitrogens with two attached hydrogens (primary N) is 1. The molecule has 2 atom stereocenters. The third-order valence-corrected chi connectivity index (χ3v) is 4.69. The molecule has 0 amide bonds. The van der Waals surface area contributed by atoms with Crippen LogP contribution in [0.5, 0.6) is 0 Å². The van der Waals surface area contributed by atoms with Crippen LogP contribution in [0, 0.1) is 16.0 Å². The molecule has 0 heterocycles. The number of hydrogen-bond acceptors (Lipinski definition) is 4. The van der Waals surface area contributed by atoms with Gasteiger partial charge >= 0.3 is 0 Å². The smallest absolute Gasteiger partial charge is 0.293 e. The summed E-state index contributed by atoms with van der Waals surface area (Å²) in [7, 11) is 0. The van der Waals surface area contributed by atoms with Gasteiger partial charge in [-0.3, -0.25) is 10.1 Å². The Labute approximate surface area is 123 Å². The lowest BCUT2D eigenvalue weighted by atomic mass is 9.73. The molecule has 3 N–H and O–H groups in total. The largest absolute Gasteiger partial charge is 0.371 e. The molecule has 0 aromatic heterocycles. The predicted octanol–water partition coefficient (Wildman–Crippen LogP) is 3.57. The lowest BCUT2D eigenvalue weighted by molar-refractivity contribution is -0.384. The Bertz CT molecular complexity index is 509. The van der Waals surface area contributed by atoms with Crippen LogP contribution >= 0.6 is 11.6 Å². The SMILES string of the molecule is CC1CCCCC1(CN)Nc1c(Cl)cccc1[N+](=O)[O-]. The van der Waals surface area contributed by atoms with Crippen molar-refractivity contribution in [2.45, 2.75) is 38.1 Å². The number of nitro benzene ring substituents is 1. The predicted molar refractivity (Wildman–Crippen MR) is 81.1 cm³/mol. The highest BCUT2D eigenvalue weighted by atomic mass is 35.5. The van der Waals surface area contributed by atoms with Gasteiger partial charge in [0.2, 0.25) is 0 Å². The van der Waals surface area contributed by atoms with E-state index in [4.69, 9.17) is 17.3 Å². The molecule has 5 nitrogen and oxygen atoms in total. The van der Waals surface area contributed by atoms with E-state index in [1.54, 1.807) is 12.1 Å². The summed E-state index contributed by atoms with van der Waals surface area (Å²) < 4.78 is 0. The van der Waals surface area contributed by atoms with E-state index < -0.39 is 4.92 Å². The van der Waals surface area contributed by atoms with Gasteiger partial charge in [-0.05, 0) is 24.8 Å². The minimum Gasteiger partial charge on any atom is -0.371 e. The summed E-state index contributed by atoms with van der Waals surface area (Å²) in [6.45, 7) is 2.58. The van der Waals surface area contributed by atoms with Gasteiger partial charge in [-0.15, -0.1) is 0 Å². The second-order valence-electron chi connectivity index (χ2n) is 5.52. The number of nitro groups is 1. The topological polar surface area (TPSA) is 81.2 Å². The van der Waals surface area contributed by atoms with Gasteiger partial charge in [0, 0.05) is 12.6 Å². The van der Waals surface area contributed by atoms with E-state index in [-0.39, 0.29) is 11.2 Å². The summed E-state index contributed by atoms with van der Waals surface area (Å²) in [4.78, 5) is 10.8. The molecule has 1 aromatic rings. The lowest BCUT2D eigenvalue weighted by Crippen LogP contribution is -2.52. The van der Waals surface area contributed by atoms with E-state index in [1.165, 1.54) is 12.5 Å². The highest BCUT2D eigenvalue weighted by molar-refractivity contribution is 6.33. The molecule has 6 heteroatoms. The van der Waals surface area contributed by atoms with Crippen molar-refractivity contribution in [3.8, 4) is 0 Å². The number of rotatable bonds is 4. The van der Waals surface area contributed by atoms with Gasteiger partial charge in [0.15, 0.2) is 0 Å². The molecule has 1 aromatic carbocycles. The van der Waals surface area contributed by atoms with Crippen LogP contribution in [0.25, 0.3) is 0 Å². The van der Waals surface area contributed by atoms with E-state index in [1.807, 2.05) is 0 Å². The van der Waals surface area contributed by atoms with E-state index in [0.717, 1.165) is 19.3 Å². The minimum absolute atomic E-state index is 0.00287. The molecule has 1 fully saturated rings. The van der Waals surface area contributed by atoms with Crippen LogP contribution < -0.4 is 11.1 Å². The molecular formula is C14H20ClN3O2. The van der Waals surface area contributed by atoms with Gasteiger partial charge in [-0.2, -0.15) is 0 Å². The van der Waals surface area contributed by atoms with Crippen molar-refractivity contribution in [2.75, 3.05) is 11.9 Å². The number of hydrogen-bond donors (Lipinski definition) is 2. The van der Waals surface area contributed by atoms with Crippen LogP contribution in [-0.2, 0) is 0 Å². The monoisotopic (exact) mass is 297 g/mol. The first-order valence-corrected chi connectivity index (χ1v) is 7.29. The number of benzene rings is 1. The summed E-state index contributed by atoms with van der Waals surface area (Å²) >= 11 is 6.15. The number of nitrogens with zero attached hydrogens (tertiary/aromatic N) is 1. The van der Waals surface area contributed by atoms with Gasteiger partial charge in [0.1, 0.15) is 5.69 Å². The minimum atomic E-state index is -0.411. The molecule has 0 spiro atoms. The standard InChI is InChI=1S/C14H20ClN3O2/c1-10-5-2-3-8-14(10,9-16)17-13-11(15)6-4-7-12(13)18(19)20/h4,6-7,10,17H,2-3,5,8-9,16H2,1H3. The first kappa shape index (κ1) is 15.1. The molecule has 0 radical (unpaired) electrons. The maximum atomic E-state index is 11.2. The van der Waals surface area contributed by atoms with E-state index in [2.05, 4.69) is 12.2 Å². The Morgan fingerprint density at radius 1 is 1.55 bits per heavy atom. The third-order valence-electron chi connectivity index (χ3n) is 4.38. The molecule has 1 aliphatic carbocycles. The van der Waals surface area contributed by atoms with Crippen LogP contribution in [0.2, 0.25) is 5.02 Å². The van der Waals surface area contributed by atoms with Gasteiger partial charge in [0.05, 0.1) is 15.5 Å². The van der Waals surface area contributed by atoms with Crippen molar-refractivity contribution >= 4 is 23.0 Å². The van der Waals surface area contributed by atoms with Gasteiger partial charge in [-0.1, -0.05) is 37.4 Å². The van der Waals surface area contributed by atoms with E-state index in [9.17, 15) is 10.1 Å². The normalized spacial score (nSPS) is 26.2. The third kappa shape index (κ3) is 2.74. The van der Waals surface area contributed by atoms with Crippen molar-refractivity contribution in [1.82, 2.24) is 0 Å². The van der Waals surface area contributed by atoms with E-state index in [0.29, 0.717) is 23.2 Å². The zero-order chi connectivity index (χ0) is 14.8. The zero-order valence-corrected chi connectivity index (χ0v) is 12.3. The maximum absolute atomic E-state index is 11.2. The van der Waals surface area contributed by atoms with Gasteiger partial charge in [0.25, 0.3) is 5.69 Å². The number of nitrogens with one attached hydrogen (secondary N) is 1. The van der Waals surface area contributed by atoms with E-state index >= 15 is 0 Å². The van der Waals surface area contributed by atoms with Crippen molar-refractivity contribution in [2.24, 2.45) is 11.7 Å². The fourth-order valence-electron chi connectivity index (χ4n) is 2.99. The molecule has 0 aliphatic heterocycles. The average molecular weight is 298 g/mol. The quantitative estimate of drug-likeness (QED) is 0.657. The Hall–Kier alpha value is -1.33. The number of halogens is 1. The molecule has 0 saturated heterocycles. The summed E-state index contributed by atoms with van der Waals surface area (Å²) in [6.07, 6.45) is 4.23. The molecule has 20 heavy (non-hydrogen) atoms. The van der Waals surface area contributed by atoms with Crippen molar-refractivity contribution in [3.63, 3.8) is 0 Å². The van der Waals surface area contributed by atoms with Crippen molar-refractivity contribution < 1.29 is 4.92 Å². The fraction of sp³-hybridized carbons (Fsp3) is 0.571. The van der Waals surface area contributed by atoms with Crippen LogP contribution in [0.15, 0.2) is 18.2 Å². The Balaban J connectivity index is 2.39. The molecular weight excluding hydrogens is 278 g/mol. The Morgan fingerprint density at radius 2 is 2.30 bits per heavy atom.